The molecule has 0 aromatic heterocycles. The van der Waals surface area contributed by atoms with Crippen LogP contribution in [0.5, 0.6) is 5.75 Å². The van der Waals surface area contributed by atoms with Crippen LogP contribution >= 0.6 is 0 Å². The van der Waals surface area contributed by atoms with Gasteiger partial charge >= 0.3 is 6.18 Å². The molecule has 0 spiro atoms. The summed E-state index contributed by atoms with van der Waals surface area (Å²) >= 11 is 0. The number of nitrogens with one attached hydrogen (secondary N) is 2. The number of likely N-dealkylation sites (tertiary alicyclic amines) is 1. The van der Waals surface area contributed by atoms with Crippen LogP contribution in [0.2, 0.25) is 0 Å². The first kappa shape index (κ1) is 23.0. The van der Waals surface area contributed by atoms with Gasteiger partial charge in [0, 0.05) is 30.9 Å². The lowest BCUT2D eigenvalue weighted by Gasteiger charge is -2.35. The topological polar surface area (TPSA) is 53.6 Å². The van der Waals surface area contributed by atoms with Crippen molar-refractivity contribution in [3.05, 3.63) is 65.5 Å². The third kappa shape index (κ3) is 5.61. The fourth-order valence-corrected chi connectivity index (χ4v) is 4.34. The van der Waals surface area contributed by atoms with E-state index in [1.165, 1.54) is 19.1 Å². The lowest BCUT2D eigenvalue weighted by Crippen LogP contribution is -2.36. The molecule has 2 heterocycles. The number of aryl methyl sites for hydroxylation is 2. The lowest BCUT2D eigenvalue weighted by atomic mass is 9.98. The first-order valence-electron chi connectivity index (χ1n) is 11.1. The van der Waals surface area contributed by atoms with Crippen LogP contribution < -0.4 is 15.4 Å². The zero-order valence-electron chi connectivity index (χ0n) is 18.6. The molecule has 176 valence electrons. The van der Waals surface area contributed by atoms with E-state index >= 15 is 0 Å². The van der Waals surface area contributed by atoms with Crippen molar-refractivity contribution in [1.29, 1.82) is 0 Å². The quantitative estimate of drug-likeness (QED) is 0.593. The Morgan fingerprint density at radius 1 is 1.18 bits per heavy atom. The Bertz CT molecular complexity index is 1040. The molecule has 2 aliphatic rings. The normalized spacial score (nSPS) is 16.7. The summed E-state index contributed by atoms with van der Waals surface area (Å²) in [6, 6.07) is 9.81. The number of benzene rings is 2. The molecular weight excluding hydrogens is 431 g/mol. The van der Waals surface area contributed by atoms with Gasteiger partial charge in [0.2, 0.25) is 5.91 Å². The van der Waals surface area contributed by atoms with Gasteiger partial charge in [-0.15, -0.1) is 0 Å². The van der Waals surface area contributed by atoms with E-state index in [4.69, 9.17) is 4.74 Å². The van der Waals surface area contributed by atoms with Crippen LogP contribution in [-0.4, -0.2) is 30.5 Å². The number of halogens is 3. The molecule has 5 nitrogen and oxygen atoms in total. The van der Waals surface area contributed by atoms with Gasteiger partial charge in [-0.05, 0) is 79.6 Å². The lowest BCUT2D eigenvalue weighted by molar-refractivity contribution is -0.138. The smallest absolute Gasteiger partial charge is 0.416 e. The van der Waals surface area contributed by atoms with Gasteiger partial charge < -0.3 is 20.3 Å². The second kappa shape index (κ2) is 9.37. The predicted octanol–water partition coefficient (Wildman–Crippen LogP) is 5.57. The summed E-state index contributed by atoms with van der Waals surface area (Å²) in [5, 5.41) is 6.01. The van der Waals surface area contributed by atoms with Gasteiger partial charge in [0.15, 0.2) is 0 Å². The third-order valence-electron chi connectivity index (χ3n) is 6.27. The van der Waals surface area contributed by atoms with E-state index in [0.717, 1.165) is 55.4 Å². The predicted molar refractivity (Wildman–Crippen MR) is 122 cm³/mol. The van der Waals surface area contributed by atoms with Gasteiger partial charge in [0.05, 0.1) is 18.0 Å². The highest BCUT2D eigenvalue weighted by Gasteiger charge is 2.32. The van der Waals surface area contributed by atoms with Crippen molar-refractivity contribution in [1.82, 2.24) is 4.90 Å². The molecule has 0 radical (unpaired) electrons. The van der Waals surface area contributed by atoms with Crippen LogP contribution in [0, 0.1) is 12.8 Å². The first-order valence-corrected chi connectivity index (χ1v) is 11.1. The maximum absolute atomic E-state index is 13.0. The van der Waals surface area contributed by atoms with E-state index in [0.29, 0.717) is 30.5 Å². The number of hydrogen-bond donors (Lipinski definition) is 2. The molecule has 8 heteroatoms. The highest BCUT2D eigenvalue weighted by atomic mass is 19.4. The van der Waals surface area contributed by atoms with Gasteiger partial charge in [0.25, 0.3) is 0 Å². The molecule has 0 unspecified atom stereocenters. The van der Waals surface area contributed by atoms with Crippen LogP contribution in [-0.2, 0) is 17.4 Å². The van der Waals surface area contributed by atoms with Crippen molar-refractivity contribution in [3.8, 4) is 5.75 Å². The van der Waals surface area contributed by atoms with E-state index in [1.54, 1.807) is 0 Å². The Balaban J connectivity index is 1.25. The van der Waals surface area contributed by atoms with Crippen LogP contribution in [0.1, 0.15) is 36.0 Å². The molecule has 33 heavy (non-hydrogen) atoms. The van der Waals surface area contributed by atoms with Crippen LogP contribution in [0.3, 0.4) is 0 Å². The van der Waals surface area contributed by atoms with Crippen molar-refractivity contribution < 1.29 is 22.7 Å². The van der Waals surface area contributed by atoms with Crippen LogP contribution in [0.15, 0.2) is 48.8 Å². The second-order valence-electron chi connectivity index (χ2n) is 8.71. The van der Waals surface area contributed by atoms with Gasteiger partial charge in [-0.2, -0.15) is 13.2 Å². The number of nitrogens with zero attached hydrogens (tertiary/aromatic N) is 1. The molecule has 4 rings (SSSR count). The number of piperidine rings is 1. The maximum Gasteiger partial charge on any atom is 0.416 e. The van der Waals surface area contributed by atoms with Crippen molar-refractivity contribution in [2.24, 2.45) is 5.92 Å². The molecule has 2 aromatic carbocycles. The minimum atomic E-state index is -4.35. The molecule has 1 fully saturated rings. The van der Waals surface area contributed by atoms with Crippen molar-refractivity contribution in [2.45, 2.75) is 38.8 Å². The van der Waals surface area contributed by atoms with Crippen LogP contribution in [0.25, 0.3) is 0 Å². The average molecular weight is 460 g/mol. The fourth-order valence-electron chi connectivity index (χ4n) is 4.34. The van der Waals surface area contributed by atoms with E-state index in [-0.39, 0.29) is 11.5 Å². The summed E-state index contributed by atoms with van der Waals surface area (Å²) in [5.41, 5.74) is 2.12. The summed E-state index contributed by atoms with van der Waals surface area (Å²) in [6.07, 6.45) is -1.25. The Hall–Kier alpha value is -3.16. The zero-order valence-corrected chi connectivity index (χ0v) is 18.6. The molecule has 0 atom stereocenters. The Labute approximate surface area is 191 Å². The summed E-state index contributed by atoms with van der Waals surface area (Å²) in [6.45, 7) is 7.75. The number of anilines is 2. The molecule has 0 bridgehead atoms. The molecule has 2 aromatic rings. The minimum Gasteiger partial charge on any atom is -0.493 e. The highest BCUT2D eigenvalue weighted by Crippen LogP contribution is 2.33. The number of ether oxygens (including phenoxy) is 1. The zero-order chi connectivity index (χ0) is 23.6. The largest absolute Gasteiger partial charge is 0.493 e. The molecule has 1 saturated heterocycles. The monoisotopic (exact) mass is 459 g/mol. The van der Waals surface area contributed by atoms with E-state index in [2.05, 4.69) is 22.1 Å². The third-order valence-corrected chi connectivity index (χ3v) is 6.27. The number of carbonyl (C=O) groups excluding carboxylic acids is 1. The number of fused-ring (bicyclic) bond motifs is 1. The summed E-state index contributed by atoms with van der Waals surface area (Å²) in [4.78, 5) is 13.6. The maximum atomic E-state index is 13.0. The fraction of sp³-hybridized carbons (Fsp3) is 0.400. The molecule has 2 aliphatic heterocycles. The van der Waals surface area contributed by atoms with Crippen molar-refractivity contribution in [3.63, 3.8) is 0 Å². The molecule has 2 N–H and O–H groups in total. The van der Waals surface area contributed by atoms with Crippen LogP contribution in [0.4, 0.5) is 24.5 Å². The van der Waals surface area contributed by atoms with E-state index in [9.17, 15) is 18.0 Å². The standard InChI is InChI=1S/C25H28F3N3O2/c1-16-13-20(4-6-22(16)25(26,27)28)29-17(2)31-11-9-18(10-12-31)15-33-21-5-7-23-19(14-21)3-8-24(32)30-23/h4-7,13-14,18,29H,2-3,8-12,15H2,1H3,(H,30,32). The average Bonchev–Trinajstić information content (AvgIpc) is 2.77. The minimum absolute atomic E-state index is 0.0486. The molecule has 1 amide bonds. The molecule has 0 aliphatic carbocycles. The first-order chi connectivity index (χ1) is 15.7. The molecular formula is C25H28F3N3O2. The van der Waals surface area contributed by atoms with Gasteiger partial charge in [0.1, 0.15) is 5.75 Å². The Kier molecular flexibility index (Phi) is 6.54. The number of alkyl halides is 3. The summed E-state index contributed by atoms with van der Waals surface area (Å²) in [5.74, 6) is 1.96. The SMILES string of the molecule is C=C(Nc1ccc(C(F)(F)F)c(C)c1)N1CCC(COc2ccc3c(c2)CCC(=O)N3)CC1. The molecule has 0 saturated carbocycles. The van der Waals surface area contributed by atoms with Crippen molar-refractivity contribution in [2.75, 3.05) is 30.3 Å². The number of amides is 1. The van der Waals surface area contributed by atoms with Crippen molar-refractivity contribution >= 4 is 17.3 Å². The Morgan fingerprint density at radius 3 is 2.64 bits per heavy atom. The van der Waals surface area contributed by atoms with E-state index < -0.39 is 11.7 Å². The second-order valence-corrected chi connectivity index (χ2v) is 8.71. The number of rotatable bonds is 6. The number of carbonyl (C=O) groups is 1. The van der Waals surface area contributed by atoms with E-state index in [1.807, 2.05) is 18.2 Å². The van der Waals surface area contributed by atoms with Gasteiger partial charge in [-0.25, -0.2) is 0 Å². The van der Waals surface area contributed by atoms with Gasteiger partial charge in [-0.3, -0.25) is 4.79 Å². The summed E-state index contributed by atoms with van der Waals surface area (Å²) in [7, 11) is 0. The highest BCUT2D eigenvalue weighted by molar-refractivity contribution is 5.94. The Morgan fingerprint density at radius 2 is 1.94 bits per heavy atom. The summed E-state index contributed by atoms with van der Waals surface area (Å²) < 4.78 is 44.9. The number of hydrogen-bond acceptors (Lipinski definition) is 4. The van der Waals surface area contributed by atoms with Gasteiger partial charge in [-0.1, -0.05) is 6.58 Å².